The van der Waals surface area contributed by atoms with E-state index in [-0.39, 0.29) is 18.4 Å². The molecule has 0 amide bonds. The Labute approximate surface area is 131 Å². The van der Waals surface area contributed by atoms with Gasteiger partial charge in [-0.15, -0.1) is 12.4 Å². The van der Waals surface area contributed by atoms with Crippen molar-refractivity contribution < 1.29 is 8.42 Å². The summed E-state index contributed by atoms with van der Waals surface area (Å²) in [5, 5.41) is 3.80. The van der Waals surface area contributed by atoms with Gasteiger partial charge < -0.3 is 5.32 Å². The maximum Gasteiger partial charge on any atom is 0.280 e. The average Bonchev–Trinajstić information content (AvgIpc) is 2.39. The quantitative estimate of drug-likeness (QED) is 0.875. The summed E-state index contributed by atoms with van der Waals surface area (Å²) in [5.74, 6) is 0. The molecular weight excluding hydrogens is 321 g/mol. The minimum Gasteiger partial charge on any atom is -0.313 e. The molecule has 0 saturated carbocycles. The Hall–Kier alpha value is -0.370. The fourth-order valence-electron chi connectivity index (χ4n) is 2.25. The molecule has 0 spiro atoms. The molecule has 0 radical (unpaired) electrons. The van der Waals surface area contributed by atoms with Gasteiger partial charge in [-0.05, 0) is 11.6 Å². The second kappa shape index (κ2) is 7.59. The molecule has 1 fully saturated rings. The highest BCUT2D eigenvalue weighted by molar-refractivity contribution is 7.87. The lowest BCUT2D eigenvalue weighted by Gasteiger charge is -2.35. The van der Waals surface area contributed by atoms with Crippen molar-refractivity contribution in [3.8, 4) is 0 Å². The third-order valence-corrected chi connectivity index (χ3v) is 5.15. The lowest BCUT2D eigenvalue weighted by Crippen LogP contribution is -2.52. The molecule has 1 aliphatic rings. The van der Waals surface area contributed by atoms with Crippen LogP contribution in [-0.2, 0) is 10.2 Å². The minimum absolute atomic E-state index is 0. The second-order valence-electron chi connectivity index (χ2n) is 4.36. The van der Waals surface area contributed by atoms with Crippen LogP contribution < -0.4 is 10.0 Å². The van der Waals surface area contributed by atoms with Crippen molar-refractivity contribution in [2.24, 2.45) is 0 Å². The molecule has 2 N–H and O–H groups in total. The van der Waals surface area contributed by atoms with Gasteiger partial charge in [0.15, 0.2) is 0 Å². The highest BCUT2D eigenvalue weighted by Gasteiger charge is 2.33. The molecule has 2 rings (SSSR count). The first kappa shape index (κ1) is 17.7. The van der Waals surface area contributed by atoms with Gasteiger partial charge in [-0.2, -0.15) is 12.7 Å². The van der Waals surface area contributed by atoms with Gasteiger partial charge in [0, 0.05) is 31.2 Å². The molecule has 1 unspecified atom stereocenters. The number of piperazine rings is 1. The highest BCUT2D eigenvalue weighted by atomic mass is 35.5. The Morgan fingerprint density at radius 1 is 1.45 bits per heavy atom. The Kier molecular flexibility index (Phi) is 6.71. The zero-order chi connectivity index (χ0) is 13.9. The molecule has 20 heavy (non-hydrogen) atoms. The van der Waals surface area contributed by atoms with Crippen LogP contribution >= 0.6 is 24.0 Å². The molecule has 1 aromatic carbocycles. The van der Waals surface area contributed by atoms with E-state index in [1.54, 1.807) is 13.0 Å². The van der Waals surface area contributed by atoms with Crippen LogP contribution in [0.4, 0.5) is 0 Å². The van der Waals surface area contributed by atoms with E-state index in [2.05, 4.69) is 10.0 Å². The fourth-order valence-corrected chi connectivity index (χ4v) is 3.90. The van der Waals surface area contributed by atoms with Crippen molar-refractivity contribution in [3.63, 3.8) is 0 Å². The highest BCUT2D eigenvalue weighted by Crippen LogP contribution is 2.29. The zero-order valence-electron chi connectivity index (χ0n) is 11.2. The van der Waals surface area contributed by atoms with E-state index in [0.717, 1.165) is 5.56 Å². The molecule has 114 valence electrons. The van der Waals surface area contributed by atoms with Gasteiger partial charge in [-0.1, -0.05) is 36.7 Å². The van der Waals surface area contributed by atoms with Gasteiger partial charge in [-0.25, -0.2) is 4.72 Å². The molecule has 1 saturated heterocycles. The Bertz CT molecular complexity index is 539. The van der Waals surface area contributed by atoms with E-state index >= 15 is 0 Å². The number of halogens is 2. The zero-order valence-corrected chi connectivity index (χ0v) is 13.6. The van der Waals surface area contributed by atoms with Crippen LogP contribution in [0, 0.1) is 0 Å². The van der Waals surface area contributed by atoms with Gasteiger partial charge in [-0.3, -0.25) is 0 Å². The van der Waals surface area contributed by atoms with Crippen LogP contribution in [0.15, 0.2) is 24.3 Å². The number of benzene rings is 1. The van der Waals surface area contributed by atoms with Crippen molar-refractivity contribution in [1.82, 2.24) is 14.3 Å². The van der Waals surface area contributed by atoms with Gasteiger partial charge >= 0.3 is 0 Å². The molecule has 5 nitrogen and oxygen atoms in total. The van der Waals surface area contributed by atoms with Crippen molar-refractivity contribution >= 4 is 34.2 Å². The number of hydrogen-bond donors (Lipinski definition) is 2. The third-order valence-electron chi connectivity index (χ3n) is 3.09. The Morgan fingerprint density at radius 3 is 2.80 bits per heavy atom. The van der Waals surface area contributed by atoms with Gasteiger partial charge in [0.2, 0.25) is 0 Å². The van der Waals surface area contributed by atoms with Crippen molar-refractivity contribution in [1.29, 1.82) is 0 Å². The predicted molar refractivity (Wildman–Crippen MR) is 83.6 cm³/mol. The van der Waals surface area contributed by atoms with E-state index in [9.17, 15) is 8.42 Å². The summed E-state index contributed by atoms with van der Waals surface area (Å²) in [5.41, 5.74) is 0.831. The standard InChI is InChI=1S/C12H18ClN3O2S.ClH/c1-2-15-19(17,18)16-8-7-14-9-12(16)10-5-3-4-6-11(10)13;/h3-6,12,14-15H,2,7-9H2,1H3;1H. The molecule has 1 atom stereocenters. The summed E-state index contributed by atoms with van der Waals surface area (Å²) in [6, 6.07) is 7.09. The third kappa shape index (κ3) is 3.84. The first-order valence-electron chi connectivity index (χ1n) is 6.28. The molecule has 1 aromatic rings. The molecule has 8 heteroatoms. The maximum absolute atomic E-state index is 12.2. The van der Waals surface area contributed by atoms with Gasteiger partial charge in [0.25, 0.3) is 10.2 Å². The van der Waals surface area contributed by atoms with Crippen molar-refractivity contribution in [2.45, 2.75) is 13.0 Å². The summed E-state index contributed by atoms with van der Waals surface area (Å²) in [6.07, 6.45) is 0. The van der Waals surface area contributed by atoms with Crippen LogP contribution in [0.25, 0.3) is 0 Å². The molecule has 0 bridgehead atoms. The molecular formula is C12H19Cl2N3O2S. The lowest BCUT2D eigenvalue weighted by molar-refractivity contribution is 0.268. The average molecular weight is 340 g/mol. The summed E-state index contributed by atoms with van der Waals surface area (Å²) < 4.78 is 28.5. The second-order valence-corrected chi connectivity index (χ2v) is 6.47. The summed E-state index contributed by atoms with van der Waals surface area (Å²) in [6.45, 7) is 3.79. The van der Waals surface area contributed by atoms with Crippen LogP contribution in [0.2, 0.25) is 5.02 Å². The number of hydrogen-bond acceptors (Lipinski definition) is 3. The Balaban J connectivity index is 0.00000200. The molecule has 0 aromatic heterocycles. The number of nitrogens with zero attached hydrogens (tertiary/aromatic N) is 1. The van der Waals surface area contributed by atoms with Crippen molar-refractivity contribution in [3.05, 3.63) is 34.9 Å². The smallest absolute Gasteiger partial charge is 0.280 e. The van der Waals surface area contributed by atoms with Crippen LogP contribution in [0.5, 0.6) is 0 Å². The first-order valence-corrected chi connectivity index (χ1v) is 8.09. The Morgan fingerprint density at radius 2 is 2.15 bits per heavy atom. The predicted octanol–water partition coefficient (Wildman–Crippen LogP) is 1.56. The SMILES string of the molecule is CCNS(=O)(=O)N1CCNCC1c1ccccc1Cl.Cl. The summed E-state index contributed by atoms with van der Waals surface area (Å²) in [4.78, 5) is 0. The fraction of sp³-hybridized carbons (Fsp3) is 0.500. The van der Waals surface area contributed by atoms with E-state index in [1.165, 1.54) is 4.31 Å². The van der Waals surface area contributed by atoms with Crippen LogP contribution in [0.3, 0.4) is 0 Å². The summed E-state index contributed by atoms with van der Waals surface area (Å²) >= 11 is 6.18. The number of nitrogens with one attached hydrogen (secondary N) is 2. The normalized spacial score (nSPS) is 20.4. The molecule has 1 aliphatic heterocycles. The van der Waals surface area contributed by atoms with E-state index in [1.807, 2.05) is 18.2 Å². The van der Waals surface area contributed by atoms with E-state index in [4.69, 9.17) is 11.6 Å². The van der Waals surface area contributed by atoms with E-state index < -0.39 is 10.2 Å². The van der Waals surface area contributed by atoms with E-state index in [0.29, 0.717) is 31.2 Å². The van der Waals surface area contributed by atoms with Crippen LogP contribution in [-0.4, -0.2) is 38.9 Å². The maximum atomic E-state index is 12.2. The van der Waals surface area contributed by atoms with Gasteiger partial charge in [0.05, 0.1) is 6.04 Å². The first-order chi connectivity index (χ1) is 9.06. The minimum atomic E-state index is -3.46. The van der Waals surface area contributed by atoms with Crippen molar-refractivity contribution in [2.75, 3.05) is 26.2 Å². The van der Waals surface area contributed by atoms with Gasteiger partial charge in [0.1, 0.15) is 0 Å². The lowest BCUT2D eigenvalue weighted by atomic mass is 10.1. The largest absolute Gasteiger partial charge is 0.313 e. The van der Waals surface area contributed by atoms with Crippen LogP contribution in [0.1, 0.15) is 18.5 Å². The summed E-state index contributed by atoms with van der Waals surface area (Å²) in [7, 11) is -3.46. The monoisotopic (exact) mass is 339 g/mol. The number of rotatable bonds is 4. The molecule has 0 aliphatic carbocycles. The molecule has 1 heterocycles. The topological polar surface area (TPSA) is 61.4 Å².